The number of aliphatic carboxylic acids is 1. The Balaban J connectivity index is 2.87. The zero-order valence-electron chi connectivity index (χ0n) is 9.08. The Morgan fingerprint density at radius 1 is 1.56 bits per heavy atom. The van der Waals surface area contributed by atoms with Gasteiger partial charge < -0.3 is 19.7 Å². The Kier molecular flexibility index (Phi) is 4.00. The number of rotatable bonds is 4. The quantitative estimate of drug-likeness (QED) is 0.538. The number of hydrogen-bond acceptors (Lipinski definition) is 4. The van der Waals surface area contributed by atoms with Gasteiger partial charge in [0.15, 0.2) is 0 Å². The molecule has 2 atom stereocenters. The van der Waals surface area contributed by atoms with Crippen molar-refractivity contribution in [1.29, 1.82) is 0 Å². The Bertz CT molecular complexity index is 355. The molecule has 0 saturated heterocycles. The molecular formula is C11H14O5. The highest BCUT2D eigenvalue weighted by Gasteiger charge is 2.35. The van der Waals surface area contributed by atoms with Crippen LogP contribution in [-0.2, 0) is 14.3 Å². The molecule has 0 radical (unpaired) electrons. The summed E-state index contributed by atoms with van der Waals surface area (Å²) >= 11 is 0. The van der Waals surface area contributed by atoms with Crippen LogP contribution in [-0.4, -0.2) is 42.3 Å². The van der Waals surface area contributed by atoms with Gasteiger partial charge in [-0.2, -0.15) is 0 Å². The number of ether oxygens (including phenoxy) is 2. The van der Waals surface area contributed by atoms with E-state index in [1.54, 1.807) is 12.2 Å². The first-order chi connectivity index (χ1) is 7.51. The summed E-state index contributed by atoms with van der Waals surface area (Å²) < 4.78 is 9.97. The van der Waals surface area contributed by atoms with Crippen molar-refractivity contribution >= 4 is 5.97 Å². The third-order valence-corrected chi connectivity index (χ3v) is 2.27. The third-order valence-electron chi connectivity index (χ3n) is 2.27. The minimum absolute atomic E-state index is 0.635. The fourth-order valence-electron chi connectivity index (χ4n) is 1.36. The topological polar surface area (TPSA) is 76.0 Å². The molecule has 0 heterocycles. The second-order valence-electron chi connectivity index (χ2n) is 3.28. The van der Waals surface area contributed by atoms with Crippen molar-refractivity contribution in [3.63, 3.8) is 0 Å². The smallest absolute Gasteiger partial charge is 0.328 e. The molecule has 2 unspecified atom stereocenters. The summed E-state index contributed by atoms with van der Waals surface area (Å²) in [5, 5.41) is 18.4. The van der Waals surface area contributed by atoms with Crippen molar-refractivity contribution in [1.82, 2.24) is 0 Å². The van der Waals surface area contributed by atoms with Crippen LogP contribution in [0.1, 0.15) is 0 Å². The van der Waals surface area contributed by atoms with E-state index in [0.29, 0.717) is 5.57 Å². The molecule has 0 saturated carbocycles. The number of allylic oxidation sites excluding steroid dienone is 3. The van der Waals surface area contributed by atoms with E-state index in [0.717, 1.165) is 6.08 Å². The molecule has 0 aromatic carbocycles. The van der Waals surface area contributed by atoms with Crippen molar-refractivity contribution in [2.24, 2.45) is 0 Å². The number of methoxy groups -OCH3 is 2. The summed E-state index contributed by atoms with van der Waals surface area (Å²) in [4.78, 5) is 10.3. The molecule has 1 aliphatic carbocycles. The standard InChI is InChI=1S/C11H14O5/c1-15-9-7-8(3-4-10(12)13)5-6-11(9,14)16-2/h3-7,9,14H,1-2H3,(H,12,13)/b4-3+. The second-order valence-corrected chi connectivity index (χ2v) is 3.28. The predicted octanol–water partition coefficient (Wildman–Crippen LogP) is 0.473. The Morgan fingerprint density at radius 3 is 2.75 bits per heavy atom. The van der Waals surface area contributed by atoms with Gasteiger partial charge in [-0.25, -0.2) is 4.79 Å². The Morgan fingerprint density at radius 2 is 2.25 bits per heavy atom. The molecule has 1 aliphatic rings. The fraction of sp³-hybridized carbons (Fsp3) is 0.364. The van der Waals surface area contributed by atoms with Gasteiger partial charge in [0.05, 0.1) is 0 Å². The van der Waals surface area contributed by atoms with E-state index in [2.05, 4.69) is 0 Å². The maximum atomic E-state index is 10.3. The summed E-state index contributed by atoms with van der Waals surface area (Å²) in [6.45, 7) is 0. The zero-order valence-corrected chi connectivity index (χ0v) is 9.08. The zero-order chi connectivity index (χ0) is 12.2. The van der Waals surface area contributed by atoms with E-state index in [1.165, 1.54) is 26.4 Å². The van der Waals surface area contributed by atoms with Crippen LogP contribution in [0.5, 0.6) is 0 Å². The lowest BCUT2D eigenvalue weighted by Gasteiger charge is -2.31. The summed E-state index contributed by atoms with van der Waals surface area (Å²) in [7, 11) is 2.80. The summed E-state index contributed by atoms with van der Waals surface area (Å²) in [5.41, 5.74) is 0.635. The number of carbonyl (C=O) groups is 1. The van der Waals surface area contributed by atoms with Gasteiger partial charge in [-0.3, -0.25) is 0 Å². The molecule has 5 heteroatoms. The largest absolute Gasteiger partial charge is 0.478 e. The molecule has 88 valence electrons. The molecule has 0 aromatic rings. The minimum Gasteiger partial charge on any atom is -0.478 e. The minimum atomic E-state index is -1.50. The molecule has 0 aromatic heterocycles. The summed E-state index contributed by atoms with van der Waals surface area (Å²) in [6.07, 6.45) is 6.33. The fourth-order valence-corrected chi connectivity index (χ4v) is 1.36. The molecular weight excluding hydrogens is 212 g/mol. The third kappa shape index (κ3) is 2.79. The molecule has 0 amide bonds. The highest BCUT2D eigenvalue weighted by atomic mass is 16.6. The van der Waals surface area contributed by atoms with E-state index < -0.39 is 17.9 Å². The molecule has 0 fully saturated rings. The number of carboxylic acids is 1. The van der Waals surface area contributed by atoms with E-state index in [-0.39, 0.29) is 0 Å². The van der Waals surface area contributed by atoms with Crippen molar-refractivity contribution in [3.05, 3.63) is 36.0 Å². The van der Waals surface area contributed by atoms with E-state index >= 15 is 0 Å². The van der Waals surface area contributed by atoms with Crippen LogP contribution >= 0.6 is 0 Å². The van der Waals surface area contributed by atoms with Crippen LogP contribution in [0.4, 0.5) is 0 Å². The van der Waals surface area contributed by atoms with Gasteiger partial charge in [-0.1, -0.05) is 6.08 Å². The SMILES string of the molecule is COC1C=C(/C=C/C(=O)O)C=CC1(O)OC. The van der Waals surface area contributed by atoms with Gasteiger partial charge >= 0.3 is 5.97 Å². The van der Waals surface area contributed by atoms with Crippen LogP contribution in [0.25, 0.3) is 0 Å². The molecule has 2 N–H and O–H groups in total. The number of aliphatic hydroxyl groups is 1. The first kappa shape index (κ1) is 12.6. The number of carboxylic acid groups (broad SMARTS) is 1. The van der Waals surface area contributed by atoms with E-state index in [9.17, 15) is 9.90 Å². The molecule has 1 rings (SSSR count). The normalized spacial score (nSPS) is 29.4. The summed E-state index contributed by atoms with van der Waals surface area (Å²) in [6, 6.07) is 0. The van der Waals surface area contributed by atoms with Crippen LogP contribution in [0, 0.1) is 0 Å². The van der Waals surface area contributed by atoms with Crippen molar-refractivity contribution in [2.45, 2.75) is 11.9 Å². The monoisotopic (exact) mass is 226 g/mol. The predicted molar refractivity (Wildman–Crippen MR) is 56.8 cm³/mol. The lowest BCUT2D eigenvalue weighted by atomic mass is 9.98. The van der Waals surface area contributed by atoms with Crippen molar-refractivity contribution in [3.8, 4) is 0 Å². The molecule has 0 aliphatic heterocycles. The van der Waals surface area contributed by atoms with E-state index in [4.69, 9.17) is 14.6 Å². The average Bonchev–Trinajstić information content (AvgIpc) is 2.27. The maximum Gasteiger partial charge on any atom is 0.328 e. The van der Waals surface area contributed by atoms with Crippen LogP contribution in [0.15, 0.2) is 36.0 Å². The highest BCUT2D eigenvalue weighted by molar-refractivity contribution is 5.80. The molecule has 0 bridgehead atoms. The first-order valence-corrected chi connectivity index (χ1v) is 4.64. The van der Waals surface area contributed by atoms with Gasteiger partial charge in [-0.15, -0.1) is 0 Å². The first-order valence-electron chi connectivity index (χ1n) is 4.64. The Labute approximate surface area is 93.3 Å². The van der Waals surface area contributed by atoms with Gasteiger partial charge in [0, 0.05) is 20.3 Å². The highest BCUT2D eigenvalue weighted by Crippen LogP contribution is 2.24. The average molecular weight is 226 g/mol. The lowest BCUT2D eigenvalue weighted by Crippen LogP contribution is -2.43. The van der Waals surface area contributed by atoms with Crippen LogP contribution < -0.4 is 0 Å². The van der Waals surface area contributed by atoms with Gasteiger partial charge in [0.2, 0.25) is 5.79 Å². The molecule has 16 heavy (non-hydrogen) atoms. The van der Waals surface area contributed by atoms with Gasteiger partial charge in [0.1, 0.15) is 6.10 Å². The Hall–Kier alpha value is -1.43. The van der Waals surface area contributed by atoms with Crippen LogP contribution in [0.2, 0.25) is 0 Å². The van der Waals surface area contributed by atoms with E-state index in [1.807, 2.05) is 0 Å². The molecule has 0 spiro atoms. The van der Waals surface area contributed by atoms with Crippen molar-refractivity contribution < 1.29 is 24.5 Å². The maximum absolute atomic E-state index is 10.3. The van der Waals surface area contributed by atoms with Crippen LogP contribution in [0.3, 0.4) is 0 Å². The number of hydrogen-bond donors (Lipinski definition) is 2. The van der Waals surface area contributed by atoms with Gasteiger partial charge in [-0.05, 0) is 23.8 Å². The second kappa shape index (κ2) is 5.07. The summed E-state index contributed by atoms with van der Waals surface area (Å²) in [5.74, 6) is -2.54. The lowest BCUT2D eigenvalue weighted by molar-refractivity contribution is -0.202. The molecule has 5 nitrogen and oxygen atoms in total. The van der Waals surface area contributed by atoms with Gasteiger partial charge in [0.25, 0.3) is 0 Å². The van der Waals surface area contributed by atoms with Crippen molar-refractivity contribution in [2.75, 3.05) is 14.2 Å².